The predicted molar refractivity (Wildman–Crippen MR) is 56.9 cm³/mol. The molecule has 3 nitrogen and oxygen atoms in total. The first-order valence-electron chi connectivity index (χ1n) is 5.40. The summed E-state index contributed by atoms with van der Waals surface area (Å²) < 4.78 is 22.8. The van der Waals surface area contributed by atoms with Gasteiger partial charge in [0.2, 0.25) is 0 Å². The molecule has 0 saturated heterocycles. The lowest BCUT2D eigenvalue weighted by molar-refractivity contribution is 0.191. The van der Waals surface area contributed by atoms with Crippen LogP contribution >= 0.6 is 0 Å². The molecule has 0 bridgehead atoms. The van der Waals surface area contributed by atoms with Crippen LogP contribution in [0.3, 0.4) is 0 Å². The topological polar surface area (TPSA) is 54.4 Å². The van der Waals surface area contributed by atoms with Crippen LogP contribution in [0.1, 0.15) is 32.6 Å². The zero-order valence-corrected chi connectivity index (χ0v) is 9.59. The molecule has 0 aromatic heterocycles. The van der Waals surface area contributed by atoms with Gasteiger partial charge in [-0.3, -0.25) is 0 Å². The van der Waals surface area contributed by atoms with Gasteiger partial charge in [0.25, 0.3) is 0 Å². The molecule has 0 aromatic rings. The largest absolute Gasteiger partial charge is 0.396 e. The van der Waals surface area contributed by atoms with Crippen molar-refractivity contribution in [2.45, 2.75) is 32.6 Å². The van der Waals surface area contributed by atoms with E-state index in [2.05, 4.69) is 0 Å². The molecule has 0 amide bonds. The van der Waals surface area contributed by atoms with E-state index in [1.165, 1.54) is 12.8 Å². The van der Waals surface area contributed by atoms with Crippen molar-refractivity contribution in [1.29, 1.82) is 0 Å². The van der Waals surface area contributed by atoms with Crippen molar-refractivity contribution >= 4 is 9.84 Å². The molecule has 84 valence electrons. The van der Waals surface area contributed by atoms with Gasteiger partial charge >= 0.3 is 0 Å². The molecular formula is C10H20O3S. The molecule has 4 heteroatoms. The monoisotopic (exact) mass is 220 g/mol. The van der Waals surface area contributed by atoms with Crippen molar-refractivity contribution in [2.24, 2.45) is 11.8 Å². The minimum atomic E-state index is -2.93. The molecule has 0 aromatic carbocycles. The first kappa shape index (κ1) is 12.0. The van der Waals surface area contributed by atoms with E-state index in [0.29, 0.717) is 5.92 Å². The maximum Gasteiger partial charge on any atom is 0.150 e. The molecule has 0 radical (unpaired) electrons. The third kappa shape index (κ3) is 3.24. The van der Waals surface area contributed by atoms with Crippen molar-refractivity contribution < 1.29 is 13.5 Å². The highest BCUT2D eigenvalue weighted by Gasteiger charge is 2.27. The van der Waals surface area contributed by atoms with Gasteiger partial charge in [-0.2, -0.15) is 0 Å². The summed E-state index contributed by atoms with van der Waals surface area (Å²) in [5.74, 6) is 0.768. The average molecular weight is 220 g/mol. The first-order valence-corrected chi connectivity index (χ1v) is 7.22. The van der Waals surface area contributed by atoms with Crippen molar-refractivity contribution in [2.75, 3.05) is 18.1 Å². The highest BCUT2D eigenvalue weighted by molar-refractivity contribution is 7.91. The van der Waals surface area contributed by atoms with Gasteiger partial charge in [-0.1, -0.05) is 32.6 Å². The molecule has 1 fully saturated rings. The van der Waals surface area contributed by atoms with Gasteiger partial charge in [0, 0.05) is 12.4 Å². The Morgan fingerprint density at radius 3 is 2.36 bits per heavy atom. The van der Waals surface area contributed by atoms with E-state index in [1.54, 1.807) is 6.92 Å². The molecule has 1 N–H and O–H groups in total. The van der Waals surface area contributed by atoms with Crippen LogP contribution in [-0.4, -0.2) is 31.6 Å². The highest BCUT2D eigenvalue weighted by atomic mass is 32.2. The van der Waals surface area contributed by atoms with Crippen molar-refractivity contribution in [3.05, 3.63) is 0 Å². The Labute approximate surface area is 86.4 Å². The normalized spacial score (nSPS) is 21.3. The van der Waals surface area contributed by atoms with Crippen molar-refractivity contribution in [3.63, 3.8) is 0 Å². The van der Waals surface area contributed by atoms with Gasteiger partial charge in [0.1, 0.15) is 9.84 Å². The number of aliphatic hydroxyl groups excluding tert-OH is 1. The summed E-state index contributed by atoms with van der Waals surface area (Å²) in [6, 6.07) is 0. The average Bonchev–Trinajstić information content (AvgIpc) is 2.67. The fourth-order valence-corrected chi connectivity index (χ4v) is 3.48. The first-order chi connectivity index (χ1) is 6.59. The molecule has 1 atom stereocenters. The zero-order chi connectivity index (χ0) is 10.6. The number of hydrogen-bond acceptors (Lipinski definition) is 3. The summed E-state index contributed by atoms with van der Waals surface area (Å²) in [5.41, 5.74) is 0. The maximum absolute atomic E-state index is 11.4. The second-order valence-electron chi connectivity index (χ2n) is 4.19. The Balaban J connectivity index is 2.54. The van der Waals surface area contributed by atoms with Crippen LogP contribution in [0.2, 0.25) is 0 Å². The molecule has 1 aliphatic rings. The Morgan fingerprint density at radius 2 is 1.93 bits per heavy atom. The quantitative estimate of drug-likeness (QED) is 0.758. The predicted octanol–water partition coefficient (Wildman–Crippen LogP) is 1.22. The summed E-state index contributed by atoms with van der Waals surface area (Å²) in [5, 5.41) is 9.18. The van der Waals surface area contributed by atoms with E-state index < -0.39 is 9.84 Å². The minimum absolute atomic E-state index is 0.0178. The molecule has 0 aliphatic heterocycles. The van der Waals surface area contributed by atoms with Gasteiger partial charge in [0.15, 0.2) is 0 Å². The van der Waals surface area contributed by atoms with Gasteiger partial charge in [-0.25, -0.2) is 8.42 Å². The molecule has 1 aliphatic carbocycles. The Hall–Kier alpha value is -0.0900. The fourth-order valence-electron chi connectivity index (χ4n) is 2.21. The van der Waals surface area contributed by atoms with E-state index in [1.807, 2.05) is 0 Å². The third-order valence-electron chi connectivity index (χ3n) is 3.21. The lowest BCUT2D eigenvalue weighted by Crippen LogP contribution is -2.26. The summed E-state index contributed by atoms with van der Waals surface area (Å²) >= 11 is 0. The van der Waals surface area contributed by atoms with Crippen LogP contribution in [0.25, 0.3) is 0 Å². The van der Waals surface area contributed by atoms with Gasteiger partial charge in [-0.05, 0) is 11.8 Å². The summed E-state index contributed by atoms with van der Waals surface area (Å²) in [6.45, 7) is 1.68. The van der Waals surface area contributed by atoms with Crippen LogP contribution < -0.4 is 0 Å². The van der Waals surface area contributed by atoms with Crippen molar-refractivity contribution in [1.82, 2.24) is 0 Å². The minimum Gasteiger partial charge on any atom is -0.396 e. The van der Waals surface area contributed by atoms with Crippen LogP contribution in [0.4, 0.5) is 0 Å². The molecule has 14 heavy (non-hydrogen) atoms. The fraction of sp³-hybridized carbons (Fsp3) is 1.00. The van der Waals surface area contributed by atoms with Crippen molar-refractivity contribution in [3.8, 4) is 0 Å². The van der Waals surface area contributed by atoms with Crippen LogP contribution in [0.15, 0.2) is 0 Å². The SMILES string of the molecule is CCS(=O)(=O)CC(CO)C1CCCC1. The molecule has 0 heterocycles. The van der Waals surface area contributed by atoms with E-state index >= 15 is 0 Å². The number of rotatable bonds is 5. The number of sulfone groups is 1. The molecule has 1 unspecified atom stereocenters. The second kappa shape index (κ2) is 5.12. The van der Waals surface area contributed by atoms with E-state index in [-0.39, 0.29) is 24.0 Å². The summed E-state index contributed by atoms with van der Waals surface area (Å²) in [4.78, 5) is 0. The van der Waals surface area contributed by atoms with Crippen LogP contribution in [-0.2, 0) is 9.84 Å². The summed E-state index contributed by atoms with van der Waals surface area (Å²) in [6.07, 6.45) is 4.55. The molecule has 1 rings (SSSR count). The van der Waals surface area contributed by atoms with E-state index in [4.69, 9.17) is 0 Å². The van der Waals surface area contributed by atoms with E-state index in [0.717, 1.165) is 12.8 Å². The highest BCUT2D eigenvalue weighted by Crippen LogP contribution is 2.31. The molecule has 1 saturated carbocycles. The van der Waals surface area contributed by atoms with Gasteiger partial charge < -0.3 is 5.11 Å². The van der Waals surface area contributed by atoms with Gasteiger partial charge in [0.05, 0.1) is 5.75 Å². The standard InChI is InChI=1S/C10H20O3S/c1-2-14(12,13)8-10(7-11)9-5-3-4-6-9/h9-11H,2-8H2,1H3. The van der Waals surface area contributed by atoms with Crippen LogP contribution in [0.5, 0.6) is 0 Å². The zero-order valence-electron chi connectivity index (χ0n) is 8.78. The lowest BCUT2D eigenvalue weighted by Gasteiger charge is -2.20. The maximum atomic E-state index is 11.4. The van der Waals surface area contributed by atoms with Crippen LogP contribution in [0, 0.1) is 11.8 Å². The Morgan fingerprint density at radius 1 is 1.36 bits per heavy atom. The smallest absolute Gasteiger partial charge is 0.150 e. The second-order valence-corrected chi connectivity index (χ2v) is 6.58. The number of hydrogen-bond donors (Lipinski definition) is 1. The number of aliphatic hydroxyl groups is 1. The lowest BCUT2D eigenvalue weighted by atomic mass is 9.93. The van der Waals surface area contributed by atoms with Gasteiger partial charge in [-0.15, -0.1) is 0 Å². The third-order valence-corrected chi connectivity index (χ3v) is 5.02. The molecular weight excluding hydrogens is 200 g/mol. The Bertz CT molecular complexity index is 253. The van der Waals surface area contributed by atoms with E-state index in [9.17, 15) is 13.5 Å². The molecule has 0 spiro atoms. The Kier molecular flexibility index (Phi) is 4.38. The summed E-state index contributed by atoms with van der Waals surface area (Å²) in [7, 11) is -2.93.